The van der Waals surface area contributed by atoms with Crippen molar-refractivity contribution in [1.82, 2.24) is 30.0 Å². The molecule has 4 aromatic rings. The van der Waals surface area contributed by atoms with Gasteiger partial charge in [-0.2, -0.15) is 4.68 Å². The molecule has 1 atom stereocenters. The summed E-state index contributed by atoms with van der Waals surface area (Å²) in [5, 5.41) is 20.2. The fourth-order valence-corrected chi connectivity index (χ4v) is 6.83. The average Bonchev–Trinajstić information content (AvgIpc) is 3.63. The van der Waals surface area contributed by atoms with Crippen LogP contribution in [-0.4, -0.2) is 78.3 Å². The lowest BCUT2D eigenvalue weighted by atomic mass is 9.79. The number of tetrazole rings is 1. The van der Waals surface area contributed by atoms with Crippen LogP contribution in [0.25, 0.3) is 11.8 Å². The summed E-state index contributed by atoms with van der Waals surface area (Å²) in [6.07, 6.45) is 5.89. The first-order valence-electron chi connectivity index (χ1n) is 15.5. The van der Waals surface area contributed by atoms with E-state index >= 15 is 4.39 Å². The number of fused-ring (bicyclic) bond motifs is 1. The Morgan fingerprint density at radius 3 is 2.40 bits per heavy atom. The lowest BCUT2D eigenvalue weighted by Gasteiger charge is -2.39. The van der Waals surface area contributed by atoms with Gasteiger partial charge in [0, 0.05) is 44.6 Å². The van der Waals surface area contributed by atoms with E-state index in [-0.39, 0.29) is 52.4 Å². The third kappa shape index (κ3) is 6.61. The second kappa shape index (κ2) is 13.9. The SMILES string of the molecule is CC(=O)N1CCC(c2cccc3c2CCN(C(=O)/C=C/c2c(-n4cnnn4)ccc(Cl)c2F)C3C(=O)Cc2ccc(C(=O)O)cc2)CC1. The van der Waals surface area contributed by atoms with E-state index in [2.05, 4.69) is 21.6 Å². The topological polar surface area (TPSA) is 139 Å². The Morgan fingerprint density at radius 1 is 1.00 bits per heavy atom. The number of carboxylic acid groups (broad SMARTS) is 1. The van der Waals surface area contributed by atoms with Crippen molar-refractivity contribution in [2.75, 3.05) is 19.6 Å². The van der Waals surface area contributed by atoms with Gasteiger partial charge in [0.15, 0.2) is 11.6 Å². The summed E-state index contributed by atoms with van der Waals surface area (Å²) in [5.41, 5.74) is 3.85. The smallest absolute Gasteiger partial charge is 0.335 e. The second-order valence-electron chi connectivity index (χ2n) is 11.9. The number of hydrogen-bond acceptors (Lipinski definition) is 7. The Kier molecular flexibility index (Phi) is 9.44. The molecule has 0 spiro atoms. The third-order valence-electron chi connectivity index (χ3n) is 9.10. The Balaban J connectivity index is 1.34. The molecule has 246 valence electrons. The molecule has 1 fully saturated rings. The number of aromatic carboxylic acids is 1. The summed E-state index contributed by atoms with van der Waals surface area (Å²) in [4.78, 5) is 54.7. The van der Waals surface area contributed by atoms with Crippen molar-refractivity contribution >= 4 is 41.2 Å². The number of rotatable bonds is 8. The van der Waals surface area contributed by atoms with Gasteiger partial charge < -0.3 is 14.9 Å². The van der Waals surface area contributed by atoms with Crippen LogP contribution in [0.2, 0.25) is 5.02 Å². The van der Waals surface area contributed by atoms with E-state index in [9.17, 15) is 24.3 Å². The van der Waals surface area contributed by atoms with E-state index < -0.39 is 23.7 Å². The van der Waals surface area contributed by atoms with E-state index in [0.717, 1.165) is 29.5 Å². The number of piperidine rings is 1. The maximum absolute atomic E-state index is 15.3. The minimum absolute atomic E-state index is 0.00106. The van der Waals surface area contributed by atoms with Crippen LogP contribution in [-0.2, 0) is 27.2 Å². The minimum atomic E-state index is -1.07. The first kappa shape index (κ1) is 32.7. The molecule has 1 unspecified atom stereocenters. The van der Waals surface area contributed by atoms with E-state index in [0.29, 0.717) is 25.1 Å². The molecule has 0 saturated carbocycles. The average molecular weight is 671 g/mol. The number of carbonyl (C=O) groups excluding carboxylic acids is 3. The summed E-state index contributed by atoms with van der Waals surface area (Å²) < 4.78 is 16.5. The summed E-state index contributed by atoms with van der Waals surface area (Å²) in [5.74, 6) is -2.31. The van der Waals surface area contributed by atoms with E-state index in [1.807, 2.05) is 17.0 Å². The number of halogens is 2. The molecule has 3 heterocycles. The van der Waals surface area contributed by atoms with Gasteiger partial charge in [0.05, 0.1) is 16.3 Å². The van der Waals surface area contributed by atoms with Crippen molar-refractivity contribution in [3.8, 4) is 5.69 Å². The lowest BCUT2D eigenvalue weighted by molar-refractivity contribution is -0.136. The quantitative estimate of drug-likeness (QED) is 0.263. The fraction of sp³-hybridized carbons (Fsp3) is 0.286. The van der Waals surface area contributed by atoms with Crippen molar-refractivity contribution < 1.29 is 28.7 Å². The van der Waals surface area contributed by atoms with Gasteiger partial charge >= 0.3 is 5.97 Å². The molecule has 1 saturated heterocycles. The zero-order valence-electron chi connectivity index (χ0n) is 26.1. The highest BCUT2D eigenvalue weighted by molar-refractivity contribution is 6.31. The Labute approximate surface area is 280 Å². The molecule has 1 aromatic heterocycles. The molecule has 0 aliphatic carbocycles. The number of amides is 2. The van der Waals surface area contributed by atoms with Crippen LogP contribution in [0, 0.1) is 5.82 Å². The van der Waals surface area contributed by atoms with Gasteiger partial charge in [-0.05, 0) is 88.2 Å². The van der Waals surface area contributed by atoms with E-state index in [1.165, 1.54) is 52.3 Å². The van der Waals surface area contributed by atoms with Crippen LogP contribution in [0.15, 0.2) is 67.0 Å². The third-order valence-corrected chi connectivity index (χ3v) is 9.39. The minimum Gasteiger partial charge on any atom is -0.478 e. The molecule has 2 aliphatic rings. The molecule has 13 heteroatoms. The molecular weight excluding hydrogens is 639 g/mol. The summed E-state index contributed by atoms with van der Waals surface area (Å²) in [6, 6.07) is 13.9. The number of likely N-dealkylation sites (tertiary alicyclic amines) is 1. The standard InChI is InChI=1S/C35H32ClFN6O5/c1-21(44)41-16-13-23(14-17-41)25-3-2-4-27-26(25)15-18-42(34(27)31(45)19-22-5-7-24(8-6-22)35(47)48)32(46)12-9-28-30(43-20-38-39-40-43)11-10-29(36)33(28)37/h2-12,20,23,34H,13-19H2,1H3,(H,47,48)/b12-9+. The number of aromatic nitrogens is 4. The molecule has 0 bridgehead atoms. The van der Waals surface area contributed by atoms with Crippen molar-refractivity contribution in [3.05, 3.63) is 111 Å². The van der Waals surface area contributed by atoms with Crippen LogP contribution in [0.3, 0.4) is 0 Å². The van der Waals surface area contributed by atoms with Crippen molar-refractivity contribution in [2.45, 2.75) is 44.6 Å². The highest BCUT2D eigenvalue weighted by Crippen LogP contribution is 2.39. The molecule has 0 radical (unpaired) electrons. The fourth-order valence-electron chi connectivity index (χ4n) is 6.67. The Morgan fingerprint density at radius 2 is 1.73 bits per heavy atom. The van der Waals surface area contributed by atoms with E-state index in [1.54, 1.807) is 19.1 Å². The van der Waals surface area contributed by atoms with Crippen LogP contribution >= 0.6 is 11.6 Å². The maximum Gasteiger partial charge on any atom is 0.335 e. The zero-order chi connectivity index (χ0) is 33.9. The van der Waals surface area contributed by atoms with E-state index in [4.69, 9.17) is 11.6 Å². The molecular formula is C35H32ClFN6O5. The first-order chi connectivity index (χ1) is 23.1. The second-order valence-corrected chi connectivity index (χ2v) is 12.3. The highest BCUT2D eigenvalue weighted by Gasteiger charge is 2.37. The van der Waals surface area contributed by atoms with Gasteiger partial charge in [-0.1, -0.05) is 41.9 Å². The normalized spacial score (nSPS) is 16.6. The van der Waals surface area contributed by atoms with Gasteiger partial charge in [0.25, 0.3) is 0 Å². The van der Waals surface area contributed by atoms with Crippen molar-refractivity contribution in [1.29, 1.82) is 0 Å². The van der Waals surface area contributed by atoms with Crippen LogP contribution < -0.4 is 0 Å². The molecule has 11 nitrogen and oxygen atoms in total. The number of carbonyl (C=O) groups is 4. The van der Waals surface area contributed by atoms with Crippen molar-refractivity contribution in [2.24, 2.45) is 0 Å². The number of hydrogen-bond donors (Lipinski definition) is 1. The highest BCUT2D eigenvalue weighted by atomic mass is 35.5. The molecule has 1 N–H and O–H groups in total. The maximum atomic E-state index is 15.3. The van der Waals surface area contributed by atoms with Gasteiger partial charge in [-0.3, -0.25) is 14.4 Å². The van der Waals surface area contributed by atoms with Gasteiger partial charge in [0.2, 0.25) is 11.8 Å². The predicted octanol–water partition coefficient (Wildman–Crippen LogP) is 4.83. The number of benzene rings is 3. The number of Topliss-reactive ketones (excluding diaryl/α,β-unsaturated/α-hetero) is 1. The number of nitrogens with zero attached hydrogens (tertiary/aromatic N) is 6. The summed E-state index contributed by atoms with van der Waals surface area (Å²) in [7, 11) is 0. The Hall–Kier alpha value is -5.23. The van der Waals surface area contributed by atoms with Gasteiger partial charge in [-0.15, -0.1) is 5.10 Å². The first-order valence-corrected chi connectivity index (χ1v) is 15.9. The largest absolute Gasteiger partial charge is 0.478 e. The molecule has 3 aromatic carbocycles. The van der Waals surface area contributed by atoms with Gasteiger partial charge in [0.1, 0.15) is 12.4 Å². The molecule has 6 rings (SSSR count). The predicted molar refractivity (Wildman–Crippen MR) is 174 cm³/mol. The van der Waals surface area contributed by atoms with Crippen molar-refractivity contribution in [3.63, 3.8) is 0 Å². The number of carboxylic acids is 1. The van der Waals surface area contributed by atoms with Crippen LogP contribution in [0.5, 0.6) is 0 Å². The summed E-state index contributed by atoms with van der Waals surface area (Å²) >= 11 is 6.08. The number of ketones is 1. The Bertz CT molecular complexity index is 1910. The zero-order valence-corrected chi connectivity index (χ0v) is 26.8. The van der Waals surface area contributed by atoms with Gasteiger partial charge in [-0.25, -0.2) is 9.18 Å². The molecule has 2 amide bonds. The van der Waals surface area contributed by atoms with Crippen LogP contribution in [0.4, 0.5) is 4.39 Å². The molecule has 2 aliphatic heterocycles. The molecule has 48 heavy (non-hydrogen) atoms. The lowest BCUT2D eigenvalue weighted by Crippen LogP contribution is -2.44. The van der Waals surface area contributed by atoms with Crippen LogP contribution in [0.1, 0.15) is 69.9 Å². The summed E-state index contributed by atoms with van der Waals surface area (Å²) in [6.45, 7) is 3.12. The monoisotopic (exact) mass is 670 g/mol.